The molecule has 0 aliphatic carbocycles. The largest absolute Gasteiger partial charge is 0.491 e. The Morgan fingerprint density at radius 1 is 1.59 bits per heavy atom. The third-order valence-electron chi connectivity index (χ3n) is 2.87. The van der Waals surface area contributed by atoms with E-state index in [9.17, 15) is 4.79 Å². The Kier molecular flexibility index (Phi) is 3.64. The number of carboxylic acid groups (broad SMARTS) is 1. The zero-order valence-electron chi connectivity index (χ0n) is 9.81. The first-order valence-electron chi connectivity index (χ1n) is 5.75. The molecule has 92 valence electrons. The van der Waals surface area contributed by atoms with Crippen LogP contribution in [-0.2, 0) is 4.74 Å². The number of aromatic carboxylic acids is 1. The van der Waals surface area contributed by atoms with Crippen LogP contribution in [0.2, 0.25) is 0 Å². The summed E-state index contributed by atoms with van der Waals surface area (Å²) in [5.74, 6) is -0.190. The van der Waals surface area contributed by atoms with Gasteiger partial charge >= 0.3 is 5.97 Å². The first-order chi connectivity index (χ1) is 8.16. The molecular weight excluding hydrogens is 220 g/mol. The highest BCUT2D eigenvalue weighted by Crippen LogP contribution is 2.21. The highest BCUT2D eigenvalue weighted by molar-refractivity contribution is 5.88. The van der Waals surface area contributed by atoms with Crippen LogP contribution in [0.5, 0.6) is 5.75 Å². The van der Waals surface area contributed by atoms with E-state index in [4.69, 9.17) is 14.6 Å². The molecule has 2 rings (SSSR count). The van der Waals surface area contributed by atoms with Crippen molar-refractivity contribution in [1.29, 1.82) is 0 Å². The van der Waals surface area contributed by atoms with Crippen molar-refractivity contribution in [2.45, 2.75) is 25.9 Å². The van der Waals surface area contributed by atoms with Gasteiger partial charge in [0.1, 0.15) is 12.4 Å². The summed E-state index contributed by atoms with van der Waals surface area (Å²) in [5.41, 5.74) is 1.12. The Morgan fingerprint density at radius 3 is 3.00 bits per heavy atom. The van der Waals surface area contributed by atoms with Crippen LogP contribution >= 0.6 is 0 Å². The number of benzene rings is 1. The van der Waals surface area contributed by atoms with Gasteiger partial charge in [0.05, 0.1) is 11.7 Å². The molecule has 1 fully saturated rings. The van der Waals surface area contributed by atoms with Gasteiger partial charge in [-0.15, -0.1) is 0 Å². The molecule has 17 heavy (non-hydrogen) atoms. The number of ether oxygens (including phenoxy) is 2. The Hall–Kier alpha value is -1.55. The van der Waals surface area contributed by atoms with E-state index in [1.807, 2.05) is 6.92 Å². The molecule has 0 spiro atoms. The second kappa shape index (κ2) is 5.19. The molecule has 1 aromatic carbocycles. The molecule has 0 saturated carbocycles. The number of carbonyl (C=O) groups is 1. The number of aryl methyl sites for hydroxylation is 1. The molecule has 0 amide bonds. The van der Waals surface area contributed by atoms with Crippen molar-refractivity contribution in [2.24, 2.45) is 0 Å². The van der Waals surface area contributed by atoms with Crippen molar-refractivity contribution in [2.75, 3.05) is 13.2 Å². The number of hydrogen-bond acceptors (Lipinski definition) is 3. The molecule has 0 aromatic heterocycles. The maximum Gasteiger partial charge on any atom is 0.335 e. The van der Waals surface area contributed by atoms with Gasteiger partial charge in [-0.3, -0.25) is 0 Å². The van der Waals surface area contributed by atoms with E-state index in [-0.39, 0.29) is 11.7 Å². The highest BCUT2D eigenvalue weighted by Gasteiger charge is 2.16. The minimum Gasteiger partial charge on any atom is -0.491 e. The second-order valence-electron chi connectivity index (χ2n) is 4.23. The molecule has 0 bridgehead atoms. The van der Waals surface area contributed by atoms with Crippen LogP contribution in [0.1, 0.15) is 28.8 Å². The second-order valence-corrected chi connectivity index (χ2v) is 4.23. The van der Waals surface area contributed by atoms with E-state index in [1.165, 1.54) is 0 Å². The summed E-state index contributed by atoms with van der Waals surface area (Å²) < 4.78 is 11.1. The van der Waals surface area contributed by atoms with E-state index in [2.05, 4.69) is 0 Å². The molecular formula is C13H16O4. The molecule has 1 aliphatic heterocycles. The summed E-state index contributed by atoms with van der Waals surface area (Å²) in [6.45, 7) is 3.19. The van der Waals surface area contributed by atoms with Gasteiger partial charge in [-0.1, -0.05) is 0 Å². The molecule has 1 saturated heterocycles. The minimum absolute atomic E-state index is 0.175. The standard InChI is InChI=1S/C13H16O4/c1-9-7-10(13(14)15)4-5-12(9)17-8-11-3-2-6-16-11/h4-5,7,11H,2-3,6,8H2,1H3,(H,14,15). The molecule has 1 N–H and O–H groups in total. The number of carboxylic acids is 1. The topological polar surface area (TPSA) is 55.8 Å². The van der Waals surface area contributed by atoms with Crippen LogP contribution in [0.15, 0.2) is 18.2 Å². The Morgan fingerprint density at radius 2 is 2.41 bits per heavy atom. The lowest BCUT2D eigenvalue weighted by Crippen LogP contribution is -2.16. The van der Waals surface area contributed by atoms with Gasteiger partial charge in [-0.2, -0.15) is 0 Å². The van der Waals surface area contributed by atoms with Crippen molar-refractivity contribution in [1.82, 2.24) is 0 Å². The van der Waals surface area contributed by atoms with Crippen molar-refractivity contribution in [3.8, 4) is 5.75 Å². The van der Waals surface area contributed by atoms with Crippen LogP contribution in [0.4, 0.5) is 0 Å². The van der Waals surface area contributed by atoms with E-state index < -0.39 is 5.97 Å². The van der Waals surface area contributed by atoms with Crippen molar-refractivity contribution in [3.05, 3.63) is 29.3 Å². The van der Waals surface area contributed by atoms with Gasteiger partial charge in [0, 0.05) is 6.61 Å². The van der Waals surface area contributed by atoms with Gasteiger partial charge in [-0.05, 0) is 43.5 Å². The fourth-order valence-corrected chi connectivity index (χ4v) is 1.90. The molecule has 4 heteroatoms. The smallest absolute Gasteiger partial charge is 0.335 e. The summed E-state index contributed by atoms with van der Waals surface area (Å²) in [7, 11) is 0. The SMILES string of the molecule is Cc1cc(C(=O)O)ccc1OCC1CCCO1. The first kappa shape index (κ1) is 11.9. The summed E-state index contributed by atoms with van der Waals surface area (Å²) in [4.78, 5) is 10.8. The van der Waals surface area contributed by atoms with E-state index >= 15 is 0 Å². The third-order valence-corrected chi connectivity index (χ3v) is 2.87. The monoisotopic (exact) mass is 236 g/mol. The third kappa shape index (κ3) is 2.97. The fraction of sp³-hybridized carbons (Fsp3) is 0.462. The summed E-state index contributed by atoms with van der Waals surface area (Å²) in [6.07, 6.45) is 2.30. The molecule has 1 unspecified atom stereocenters. The molecule has 1 aromatic rings. The zero-order chi connectivity index (χ0) is 12.3. The molecule has 4 nitrogen and oxygen atoms in total. The number of rotatable bonds is 4. The number of hydrogen-bond donors (Lipinski definition) is 1. The average Bonchev–Trinajstić information content (AvgIpc) is 2.80. The van der Waals surface area contributed by atoms with Gasteiger partial charge < -0.3 is 14.6 Å². The predicted octanol–water partition coefficient (Wildman–Crippen LogP) is 2.25. The van der Waals surface area contributed by atoms with Crippen molar-refractivity contribution in [3.63, 3.8) is 0 Å². The zero-order valence-corrected chi connectivity index (χ0v) is 9.81. The average molecular weight is 236 g/mol. The molecule has 0 radical (unpaired) electrons. The van der Waals surface area contributed by atoms with Crippen LogP contribution in [0.25, 0.3) is 0 Å². The van der Waals surface area contributed by atoms with Crippen molar-refractivity contribution < 1.29 is 19.4 Å². The van der Waals surface area contributed by atoms with Crippen LogP contribution in [0, 0.1) is 6.92 Å². The fourth-order valence-electron chi connectivity index (χ4n) is 1.90. The van der Waals surface area contributed by atoms with Gasteiger partial charge in [0.2, 0.25) is 0 Å². The quantitative estimate of drug-likeness (QED) is 0.871. The molecule has 1 heterocycles. The molecule has 1 atom stereocenters. The van der Waals surface area contributed by atoms with E-state index in [0.29, 0.717) is 6.61 Å². The maximum atomic E-state index is 10.8. The van der Waals surface area contributed by atoms with Crippen LogP contribution in [0.3, 0.4) is 0 Å². The minimum atomic E-state index is -0.918. The van der Waals surface area contributed by atoms with Gasteiger partial charge in [0.25, 0.3) is 0 Å². The lowest BCUT2D eigenvalue weighted by Gasteiger charge is -2.13. The van der Waals surface area contributed by atoms with Gasteiger partial charge in [-0.25, -0.2) is 4.79 Å². The normalized spacial score (nSPS) is 19.2. The lowest BCUT2D eigenvalue weighted by molar-refractivity contribution is 0.0673. The Balaban J connectivity index is 1.98. The van der Waals surface area contributed by atoms with E-state index in [0.717, 1.165) is 30.8 Å². The van der Waals surface area contributed by atoms with Crippen LogP contribution in [-0.4, -0.2) is 30.4 Å². The lowest BCUT2D eigenvalue weighted by atomic mass is 10.1. The summed E-state index contributed by atoms with van der Waals surface area (Å²) in [6, 6.07) is 4.88. The van der Waals surface area contributed by atoms with E-state index in [1.54, 1.807) is 18.2 Å². The predicted molar refractivity (Wildman–Crippen MR) is 62.6 cm³/mol. The highest BCUT2D eigenvalue weighted by atomic mass is 16.5. The summed E-state index contributed by atoms with van der Waals surface area (Å²) in [5, 5.41) is 8.84. The summed E-state index contributed by atoms with van der Waals surface area (Å²) >= 11 is 0. The maximum absolute atomic E-state index is 10.8. The first-order valence-corrected chi connectivity index (χ1v) is 5.75. The Bertz CT molecular complexity index is 408. The van der Waals surface area contributed by atoms with Crippen LogP contribution < -0.4 is 4.74 Å². The van der Waals surface area contributed by atoms with Gasteiger partial charge in [0.15, 0.2) is 0 Å². The van der Waals surface area contributed by atoms with Crippen molar-refractivity contribution >= 4 is 5.97 Å². The Labute approximate surface area is 100 Å². The molecule has 1 aliphatic rings.